The van der Waals surface area contributed by atoms with Crippen molar-refractivity contribution in [3.63, 3.8) is 0 Å². The summed E-state index contributed by atoms with van der Waals surface area (Å²) in [4.78, 5) is 55.1. The highest BCUT2D eigenvalue weighted by molar-refractivity contribution is 7.87. The van der Waals surface area contributed by atoms with Crippen LogP contribution in [0.25, 0.3) is 21.5 Å². The fourth-order valence-corrected chi connectivity index (χ4v) is 13.9. The summed E-state index contributed by atoms with van der Waals surface area (Å²) in [6.07, 6.45) is 13.5. The molecule has 0 spiro atoms. The number of anilines is 2. The van der Waals surface area contributed by atoms with Crippen LogP contribution in [0.1, 0.15) is 51.7 Å². The van der Waals surface area contributed by atoms with Crippen LogP contribution in [0.3, 0.4) is 0 Å². The van der Waals surface area contributed by atoms with Crippen molar-refractivity contribution >= 4 is 104 Å². The fourth-order valence-electron chi connectivity index (χ4n) is 11.7. The SMILES string of the molecule is CC1(C)C(=CC=C2CC/C(=C\C=C3/N(CCN4C(=O)C=CC4=O)c4ccc5c(S(=O)(=O)O)cc(S(=O)(=O)O)cc5c4C3(C)C)C2=[N+]2CCOCC2)N(CCN2C(=O)C=CC2=O)c2ccc3c(OS(=O)O)cc(S(=O)(=O)O)cc3c21. The Labute approximate surface area is 456 Å². The van der Waals surface area contributed by atoms with Crippen molar-refractivity contribution in [1.29, 1.82) is 0 Å². The lowest BCUT2D eigenvalue weighted by Gasteiger charge is -2.28. The molecule has 0 radical (unpaired) electrons. The Bertz CT molecular complexity index is 4000. The third-order valence-electron chi connectivity index (χ3n) is 15.2. The summed E-state index contributed by atoms with van der Waals surface area (Å²) in [6, 6.07) is 10.4. The second kappa shape index (κ2) is 20.0. The zero-order chi connectivity index (χ0) is 56.9. The number of morpholine rings is 1. The standard InChI is InChI=1S/C53H51N5O17S4/c1-52(2)43(55(19-21-57-45(59)15-16-46(57)60)39-11-9-35-37(49(39)52)27-33(77(65,66)67)29-41(35)75-76(63)64)13-7-31-5-6-32(51(31)54-23-25-74-26-24-54)8-14-44-53(3,4)50-38-28-34(78(68,69)70)30-42(79(71,72)73)36(38)10-12-40(50)56(44)20-22-58-47(61)17-18-48(58)62/h7-18,27-30H,5-6,19-26H2,1-4H3,(H3-,63,64,65,66,67,68,69,70,71,72,73)/p+1. The Kier molecular flexibility index (Phi) is 14.0. The minimum Gasteiger partial charge on any atom is -0.379 e. The van der Waals surface area contributed by atoms with Crippen LogP contribution in [-0.4, -0.2) is 144 Å². The van der Waals surface area contributed by atoms with Gasteiger partial charge in [0.1, 0.15) is 18.1 Å². The smallest absolute Gasteiger partial charge is 0.357 e. The number of imide groups is 2. The number of hydrogen-bond donors (Lipinski definition) is 4. The molecule has 5 heterocycles. The number of carbonyl (C=O) groups excluding carboxylic acids is 4. The summed E-state index contributed by atoms with van der Waals surface area (Å²) in [5.74, 6) is -2.31. The highest BCUT2D eigenvalue weighted by atomic mass is 32.2. The van der Waals surface area contributed by atoms with E-state index >= 15 is 0 Å². The number of amides is 4. The van der Waals surface area contributed by atoms with Crippen molar-refractivity contribution in [2.75, 3.05) is 62.3 Å². The number of benzene rings is 4. The first-order valence-corrected chi connectivity index (χ1v) is 30.0. The van der Waals surface area contributed by atoms with E-state index in [1.807, 2.05) is 61.8 Å². The van der Waals surface area contributed by atoms with Gasteiger partial charge in [-0.15, -0.1) is 0 Å². The van der Waals surface area contributed by atoms with Crippen LogP contribution in [0, 0.1) is 0 Å². The predicted octanol–water partition coefficient (Wildman–Crippen LogP) is 4.89. The van der Waals surface area contributed by atoms with Crippen molar-refractivity contribution in [2.45, 2.75) is 66.1 Å². The van der Waals surface area contributed by atoms with E-state index in [1.54, 1.807) is 18.2 Å². The molecule has 0 bridgehead atoms. The second-order valence-electron chi connectivity index (χ2n) is 20.5. The molecule has 2 fully saturated rings. The first-order chi connectivity index (χ1) is 37.1. The molecule has 4 amide bonds. The Balaban J connectivity index is 1.11. The van der Waals surface area contributed by atoms with Gasteiger partial charge in [-0.05, 0) is 83.3 Å². The summed E-state index contributed by atoms with van der Waals surface area (Å²) in [6.45, 7) is 9.35. The van der Waals surface area contributed by atoms with E-state index in [0.717, 1.165) is 50.9 Å². The van der Waals surface area contributed by atoms with Crippen LogP contribution in [0.2, 0.25) is 0 Å². The summed E-state index contributed by atoms with van der Waals surface area (Å²) in [5.41, 5.74) is 3.90. The number of ether oxygens (including phenoxy) is 1. The van der Waals surface area contributed by atoms with Crippen LogP contribution in [-0.2, 0) is 76.5 Å². The monoisotopic (exact) mass is 1160 g/mol. The van der Waals surface area contributed by atoms with Gasteiger partial charge in [0.15, 0.2) is 18.8 Å². The van der Waals surface area contributed by atoms with Gasteiger partial charge in [-0.2, -0.15) is 29.5 Å². The third kappa shape index (κ3) is 9.98. The minimum atomic E-state index is -5.04. The first-order valence-electron chi connectivity index (χ1n) is 24.7. The number of hydrogen-bond acceptors (Lipinski definition) is 15. The van der Waals surface area contributed by atoms with E-state index in [0.29, 0.717) is 79.1 Å². The Morgan fingerprint density at radius 2 is 1.00 bits per heavy atom. The fraction of sp³-hybridized carbons (Fsp3) is 0.302. The molecular formula is C53H52N5O17S4+. The van der Waals surface area contributed by atoms with E-state index in [9.17, 15) is 66.9 Å². The van der Waals surface area contributed by atoms with Crippen LogP contribution in [0.5, 0.6) is 5.75 Å². The maximum absolute atomic E-state index is 12.8. The van der Waals surface area contributed by atoms with E-state index in [1.165, 1.54) is 24.3 Å². The van der Waals surface area contributed by atoms with Gasteiger partial charge in [0.05, 0.1) is 9.79 Å². The Morgan fingerprint density at radius 1 is 0.582 bits per heavy atom. The number of fused-ring (bicyclic) bond motifs is 6. The molecule has 4 N–H and O–H groups in total. The third-order valence-corrected chi connectivity index (χ3v) is 18.1. The van der Waals surface area contributed by atoms with E-state index in [4.69, 9.17) is 8.92 Å². The molecule has 1 unspecified atom stereocenters. The molecule has 1 aliphatic carbocycles. The zero-order valence-electron chi connectivity index (χ0n) is 42.8. The molecule has 26 heteroatoms. The molecule has 6 aliphatic rings. The molecule has 5 aliphatic heterocycles. The lowest BCUT2D eigenvalue weighted by Crippen LogP contribution is -2.38. The first kappa shape index (κ1) is 55.3. The van der Waals surface area contributed by atoms with Gasteiger partial charge in [0.25, 0.3) is 54.0 Å². The predicted molar refractivity (Wildman–Crippen MR) is 289 cm³/mol. The van der Waals surface area contributed by atoms with Gasteiger partial charge in [0.2, 0.25) is 5.71 Å². The van der Waals surface area contributed by atoms with E-state index in [2.05, 4.69) is 4.58 Å². The largest absolute Gasteiger partial charge is 0.379 e. The molecule has 1 saturated carbocycles. The van der Waals surface area contributed by atoms with Crippen molar-refractivity contribution in [3.05, 3.63) is 131 Å². The highest BCUT2D eigenvalue weighted by Gasteiger charge is 2.45. The quantitative estimate of drug-likeness (QED) is 0.0599. The molecule has 1 atom stereocenters. The maximum Gasteiger partial charge on any atom is 0.357 e. The Hall–Kier alpha value is -7.01. The summed E-state index contributed by atoms with van der Waals surface area (Å²) < 4.78 is 142. The van der Waals surface area contributed by atoms with Crippen LogP contribution in [0.4, 0.5) is 11.4 Å². The molecule has 0 aromatic heterocycles. The van der Waals surface area contributed by atoms with Gasteiger partial charge < -0.3 is 18.7 Å². The zero-order valence-corrected chi connectivity index (χ0v) is 46.0. The number of carbonyl (C=O) groups is 4. The topological polar surface area (TPSA) is 303 Å². The number of rotatable bonds is 13. The van der Waals surface area contributed by atoms with Crippen molar-refractivity contribution < 1.29 is 80.3 Å². The number of nitrogens with zero attached hydrogens (tertiary/aromatic N) is 5. The molecule has 79 heavy (non-hydrogen) atoms. The average Bonchev–Trinajstić information content (AvgIpc) is 4.36. The van der Waals surface area contributed by atoms with Crippen molar-refractivity contribution in [3.8, 4) is 5.75 Å². The van der Waals surface area contributed by atoms with Crippen LogP contribution in [0.15, 0.2) is 134 Å². The maximum atomic E-state index is 12.8. The van der Waals surface area contributed by atoms with E-state index in [-0.39, 0.29) is 53.5 Å². The second-order valence-corrected chi connectivity index (χ2v) is 25.3. The molecule has 10 rings (SSSR count). The highest BCUT2D eigenvalue weighted by Crippen LogP contribution is 2.54. The Morgan fingerprint density at radius 3 is 1.43 bits per heavy atom. The van der Waals surface area contributed by atoms with Gasteiger partial charge in [-0.1, -0.05) is 45.9 Å². The van der Waals surface area contributed by atoms with Gasteiger partial charge in [-0.25, -0.2) is 4.58 Å². The minimum absolute atomic E-state index is 0.0191. The molecule has 414 valence electrons. The lowest BCUT2D eigenvalue weighted by atomic mass is 9.81. The normalized spacial score (nSPS) is 21.7. The summed E-state index contributed by atoms with van der Waals surface area (Å²) >= 11 is -2.88. The van der Waals surface area contributed by atoms with Gasteiger partial charge in [-0.3, -0.25) is 47.2 Å². The van der Waals surface area contributed by atoms with Crippen molar-refractivity contribution in [2.24, 2.45) is 0 Å². The summed E-state index contributed by atoms with van der Waals surface area (Å²) in [7, 11) is -14.9. The van der Waals surface area contributed by atoms with E-state index < -0.39 is 90.9 Å². The number of allylic oxidation sites excluding steroid dienone is 8. The molecule has 22 nitrogen and oxygen atoms in total. The average molecular weight is 1160 g/mol. The molecular weight excluding hydrogens is 1110 g/mol. The van der Waals surface area contributed by atoms with Gasteiger partial charge in [0, 0.05) is 112 Å². The molecule has 4 aromatic rings. The summed E-state index contributed by atoms with van der Waals surface area (Å²) in [5, 5.41) is 0.624. The van der Waals surface area contributed by atoms with Crippen LogP contribution >= 0.6 is 0 Å². The molecule has 1 saturated heterocycles. The van der Waals surface area contributed by atoms with Gasteiger partial charge >= 0.3 is 11.4 Å². The lowest BCUT2D eigenvalue weighted by molar-refractivity contribution is -0.548. The van der Waals surface area contributed by atoms with Crippen LogP contribution < -0.4 is 14.0 Å². The van der Waals surface area contributed by atoms with Crippen molar-refractivity contribution in [1.82, 2.24) is 9.80 Å². The molecule has 4 aromatic carbocycles.